The molecule has 31 heavy (non-hydrogen) atoms. The van der Waals surface area contributed by atoms with Crippen LogP contribution in [0.15, 0.2) is 72.8 Å². The molecule has 1 aliphatic rings. The van der Waals surface area contributed by atoms with Crippen molar-refractivity contribution in [2.75, 3.05) is 13.6 Å². The maximum absolute atomic E-state index is 13.3. The Balaban J connectivity index is 1.97. The number of hydrogen-bond donors (Lipinski definition) is 3. The number of likely N-dealkylation sites (N-methyl/N-ethyl adjacent to an activating group) is 1. The number of amides is 1. The molecule has 0 aliphatic carbocycles. The summed E-state index contributed by atoms with van der Waals surface area (Å²) in [6, 6.07) is 14.0. The molecule has 0 aromatic heterocycles. The van der Waals surface area contributed by atoms with Gasteiger partial charge in [0.2, 0.25) is 0 Å². The van der Waals surface area contributed by atoms with Crippen LogP contribution in [-0.2, 0) is 11.3 Å². The van der Waals surface area contributed by atoms with Gasteiger partial charge in [-0.25, -0.2) is 0 Å². The van der Waals surface area contributed by atoms with E-state index in [1.807, 2.05) is 36.1 Å². The smallest absolute Gasteiger partial charge is 0.273 e. The van der Waals surface area contributed by atoms with Crippen LogP contribution >= 0.6 is 11.6 Å². The molecule has 1 heterocycles. The van der Waals surface area contributed by atoms with E-state index in [4.69, 9.17) is 16.3 Å². The van der Waals surface area contributed by atoms with Crippen LogP contribution in [0.3, 0.4) is 0 Å². The number of aromatic hydroxyl groups is 1. The zero-order chi connectivity index (χ0) is 22.4. The third-order valence-corrected chi connectivity index (χ3v) is 5.01. The number of carbonyl (C=O) groups is 1. The standard InChI is InChI=1S/C23H27ClN4O3/c1-4-13-27(3)22(30)20-21(25-5-2)26-23(31-19-8-6-7-18(29)14-19)28(20)15-16-9-11-17(24)12-10-16/h5-12,14,23,25-26,29H,2,4,13,15H2,1,3H3. The van der Waals surface area contributed by atoms with E-state index >= 15 is 0 Å². The van der Waals surface area contributed by atoms with Crippen LogP contribution in [0.1, 0.15) is 18.9 Å². The Morgan fingerprint density at radius 3 is 2.74 bits per heavy atom. The van der Waals surface area contributed by atoms with E-state index < -0.39 is 6.35 Å². The first kappa shape index (κ1) is 22.4. The molecule has 0 spiro atoms. The molecule has 3 N–H and O–H groups in total. The molecule has 0 radical (unpaired) electrons. The molecule has 0 saturated carbocycles. The third kappa shape index (κ3) is 5.44. The third-order valence-electron chi connectivity index (χ3n) is 4.76. The number of phenols is 1. The number of hydrogen-bond acceptors (Lipinski definition) is 6. The van der Waals surface area contributed by atoms with Gasteiger partial charge in [0.15, 0.2) is 0 Å². The van der Waals surface area contributed by atoms with Crippen LogP contribution in [0.5, 0.6) is 11.5 Å². The van der Waals surface area contributed by atoms with Gasteiger partial charge >= 0.3 is 0 Å². The van der Waals surface area contributed by atoms with Crippen molar-refractivity contribution in [3.05, 3.63) is 83.4 Å². The first-order chi connectivity index (χ1) is 14.9. The van der Waals surface area contributed by atoms with Gasteiger partial charge in [-0.05, 0) is 42.4 Å². The fraction of sp³-hybridized carbons (Fsp3) is 0.261. The fourth-order valence-electron chi connectivity index (χ4n) is 3.32. The first-order valence-corrected chi connectivity index (χ1v) is 10.4. The summed E-state index contributed by atoms with van der Waals surface area (Å²) in [7, 11) is 1.77. The lowest BCUT2D eigenvalue weighted by Crippen LogP contribution is -2.44. The summed E-state index contributed by atoms with van der Waals surface area (Å²) >= 11 is 6.03. The minimum Gasteiger partial charge on any atom is -0.508 e. The molecule has 1 amide bonds. The molecule has 3 rings (SSSR count). The maximum atomic E-state index is 13.3. The highest BCUT2D eigenvalue weighted by Crippen LogP contribution is 2.28. The Labute approximate surface area is 187 Å². The molecule has 8 heteroatoms. The number of rotatable bonds is 9. The zero-order valence-corrected chi connectivity index (χ0v) is 18.4. The number of ether oxygens (including phenoxy) is 1. The molecule has 2 aromatic carbocycles. The lowest BCUT2D eigenvalue weighted by atomic mass is 10.2. The van der Waals surface area contributed by atoms with E-state index in [0.29, 0.717) is 35.4 Å². The van der Waals surface area contributed by atoms with Crippen molar-refractivity contribution in [3.63, 3.8) is 0 Å². The number of halogens is 1. The van der Waals surface area contributed by atoms with E-state index in [1.165, 1.54) is 12.3 Å². The van der Waals surface area contributed by atoms with Gasteiger partial charge in [0.05, 0.1) is 0 Å². The molecule has 1 unspecified atom stereocenters. The second kappa shape index (κ2) is 10.1. The molecular weight excluding hydrogens is 416 g/mol. The van der Waals surface area contributed by atoms with Crippen molar-refractivity contribution >= 4 is 17.5 Å². The second-order valence-corrected chi connectivity index (χ2v) is 7.60. The number of carbonyl (C=O) groups excluding carboxylic acids is 1. The van der Waals surface area contributed by atoms with Crippen molar-refractivity contribution in [3.8, 4) is 11.5 Å². The van der Waals surface area contributed by atoms with Crippen molar-refractivity contribution in [2.24, 2.45) is 0 Å². The quantitative estimate of drug-likeness (QED) is 0.551. The number of phenolic OH excluding ortho intramolecular Hbond substituents is 1. The summed E-state index contributed by atoms with van der Waals surface area (Å²) in [6.45, 7) is 6.76. The number of nitrogens with one attached hydrogen (secondary N) is 2. The highest BCUT2D eigenvalue weighted by atomic mass is 35.5. The van der Waals surface area contributed by atoms with E-state index in [9.17, 15) is 9.90 Å². The van der Waals surface area contributed by atoms with Crippen LogP contribution in [0.2, 0.25) is 5.02 Å². The van der Waals surface area contributed by atoms with Gasteiger partial charge in [-0.1, -0.05) is 43.3 Å². The molecule has 0 saturated heterocycles. The molecule has 1 aliphatic heterocycles. The lowest BCUT2D eigenvalue weighted by molar-refractivity contribution is -0.128. The van der Waals surface area contributed by atoms with Gasteiger partial charge in [-0.3, -0.25) is 4.79 Å². The monoisotopic (exact) mass is 442 g/mol. The molecule has 164 valence electrons. The molecule has 2 aromatic rings. The normalized spacial score (nSPS) is 15.5. The van der Waals surface area contributed by atoms with Crippen LogP contribution in [0.25, 0.3) is 0 Å². The number of benzene rings is 2. The molecule has 0 bridgehead atoms. The topological polar surface area (TPSA) is 77.1 Å². The van der Waals surface area contributed by atoms with Gasteiger partial charge in [-0.2, -0.15) is 0 Å². The first-order valence-electron chi connectivity index (χ1n) is 10.0. The molecular formula is C23H27ClN4O3. The average molecular weight is 443 g/mol. The van der Waals surface area contributed by atoms with E-state index in [-0.39, 0.29) is 11.7 Å². The van der Waals surface area contributed by atoms with Crippen molar-refractivity contribution in [1.82, 2.24) is 20.4 Å². The fourth-order valence-corrected chi connectivity index (χ4v) is 3.44. The summed E-state index contributed by atoms with van der Waals surface area (Å²) in [5.74, 6) is 0.917. The van der Waals surface area contributed by atoms with Crippen LogP contribution in [0, 0.1) is 0 Å². The SMILES string of the molecule is C=CNC1=C(C(=O)N(C)CCC)N(Cc2ccc(Cl)cc2)C(Oc2cccc(O)c2)N1. The molecule has 0 fully saturated rings. The number of nitrogens with zero attached hydrogens (tertiary/aromatic N) is 2. The largest absolute Gasteiger partial charge is 0.508 e. The predicted octanol–water partition coefficient (Wildman–Crippen LogP) is 3.58. The highest BCUT2D eigenvalue weighted by molar-refractivity contribution is 6.30. The summed E-state index contributed by atoms with van der Waals surface area (Å²) in [5.41, 5.74) is 1.40. The Hall–Kier alpha value is -3.32. The van der Waals surface area contributed by atoms with E-state index in [1.54, 1.807) is 30.1 Å². The van der Waals surface area contributed by atoms with Gasteiger partial charge in [0.1, 0.15) is 23.0 Å². The van der Waals surface area contributed by atoms with Crippen LogP contribution < -0.4 is 15.4 Å². The van der Waals surface area contributed by atoms with Crippen molar-refractivity contribution in [1.29, 1.82) is 0 Å². The lowest BCUT2D eigenvalue weighted by Gasteiger charge is -2.30. The highest BCUT2D eigenvalue weighted by Gasteiger charge is 2.38. The molecule has 1 atom stereocenters. The minimum absolute atomic E-state index is 0.0936. The van der Waals surface area contributed by atoms with E-state index in [0.717, 1.165) is 12.0 Å². The van der Waals surface area contributed by atoms with Crippen molar-refractivity contribution < 1.29 is 14.6 Å². The van der Waals surface area contributed by atoms with Gasteiger partial charge in [-0.15, -0.1) is 0 Å². The maximum Gasteiger partial charge on any atom is 0.273 e. The summed E-state index contributed by atoms with van der Waals surface area (Å²) in [4.78, 5) is 16.8. The minimum atomic E-state index is -0.686. The summed E-state index contributed by atoms with van der Waals surface area (Å²) in [5, 5.41) is 16.7. The van der Waals surface area contributed by atoms with Gasteiger partial charge in [0, 0.05) is 31.2 Å². The Kier molecular flexibility index (Phi) is 7.31. The molecule has 7 nitrogen and oxygen atoms in total. The second-order valence-electron chi connectivity index (χ2n) is 7.17. The Bertz CT molecular complexity index is 962. The summed E-state index contributed by atoms with van der Waals surface area (Å²) in [6.07, 6.45) is 1.66. The van der Waals surface area contributed by atoms with Crippen molar-refractivity contribution in [2.45, 2.75) is 26.2 Å². The zero-order valence-electron chi connectivity index (χ0n) is 17.6. The predicted molar refractivity (Wildman–Crippen MR) is 121 cm³/mol. The Morgan fingerprint density at radius 2 is 2.10 bits per heavy atom. The Morgan fingerprint density at radius 1 is 1.35 bits per heavy atom. The van der Waals surface area contributed by atoms with Gasteiger partial charge in [0.25, 0.3) is 12.3 Å². The van der Waals surface area contributed by atoms with E-state index in [2.05, 4.69) is 17.2 Å². The van der Waals surface area contributed by atoms with Crippen LogP contribution in [0.4, 0.5) is 0 Å². The summed E-state index contributed by atoms with van der Waals surface area (Å²) < 4.78 is 6.10. The van der Waals surface area contributed by atoms with Crippen LogP contribution in [-0.4, -0.2) is 40.8 Å². The average Bonchev–Trinajstić information content (AvgIpc) is 3.06. The van der Waals surface area contributed by atoms with Gasteiger partial charge < -0.3 is 30.3 Å².